The van der Waals surface area contributed by atoms with E-state index in [1.165, 1.54) is 12.1 Å². The molecular weight excluding hydrogens is 309 g/mol. The third-order valence-corrected chi connectivity index (χ3v) is 3.28. The fourth-order valence-corrected chi connectivity index (χ4v) is 2.13. The molecule has 0 amide bonds. The first-order valence-corrected chi connectivity index (χ1v) is 6.71. The third-order valence-electron chi connectivity index (χ3n) is 3.28. The summed E-state index contributed by atoms with van der Waals surface area (Å²) in [5.74, 6) is 0.359. The van der Waals surface area contributed by atoms with Gasteiger partial charge in [-0.25, -0.2) is 4.98 Å². The van der Waals surface area contributed by atoms with Crippen molar-refractivity contribution in [3.05, 3.63) is 41.1 Å². The zero-order valence-electron chi connectivity index (χ0n) is 12.9. The number of nitrogens with zero attached hydrogens (tertiary/aromatic N) is 3. The molecule has 8 heteroatoms. The Balaban J connectivity index is 0.00000192. The van der Waals surface area contributed by atoms with Gasteiger partial charge in [0.05, 0.1) is 18.9 Å². The molecule has 0 saturated heterocycles. The van der Waals surface area contributed by atoms with Crippen molar-refractivity contribution in [1.29, 1.82) is 0 Å². The molecule has 1 aliphatic rings. The number of phenols is 1. The SMILES string of the molecule is Cc1nc(N=Nc2ccc(O)cc2)c2c(c1[O-])COCOC2.[Na+]. The maximum Gasteiger partial charge on any atom is 1.00 e. The van der Waals surface area contributed by atoms with Crippen LogP contribution in [0, 0.1) is 6.92 Å². The molecule has 0 radical (unpaired) electrons. The Labute approximate surface area is 155 Å². The first kappa shape index (κ1) is 17.8. The normalized spacial score (nSPS) is 14.1. The minimum atomic E-state index is -0.149. The van der Waals surface area contributed by atoms with Crippen molar-refractivity contribution >= 4 is 11.5 Å². The molecule has 114 valence electrons. The minimum absolute atomic E-state index is 0. The van der Waals surface area contributed by atoms with Gasteiger partial charge in [-0.1, -0.05) is 5.75 Å². The quantitative estimate of drug-likeness (QED) is 0.598. The summed E-state index contributed by atoms with van der Waals surface area (Å²) in [4.78, 5) is 4.20. The van der Waals surface area contributed by atoms with Crippen LogP contribution in [0.15, 0.2) is 34.5 Å². The van der Waals surface area contributed by atoms with E-state index in [1.54, 1.807) is 19.1 Å². The summed E-state index contributed by atoms with van der Waals surface area (Å²) in [5.41, 5.74) is 2.05. The number of pyridine rings is 1. The Kier molecular flexibility index (Phi) is 6.09. The molecule has 1 aromatic carbocycles. The second kappa shape index (κ2) is 7.85. The number of fused-ring (bicyclic) bond motifs is 1. The number of azo groups is 1. The van der Waals surface area contributed by atoms with Gasteiger partial charge in [0, 0.05) is 11.3 Å². The monoisotopic (exact) mass is 323 g/mol. The molecule has 2 aromatic rings. The van der Waals surface area contributed by atoms with Crippen molar-refractivity contribution in [3.63, 3.8) is 0 Å². The van der Waals surface area contributed by atoms with Crippen molar-refractivity contribution in [2.75, 3.05) is 6.79 Å². The summed E-state index contributed by atoms with van der Waals surface area (Å²) >= 11 is 0. The first-order chi connectivity index (χ1) is 10.6. The molecule has 1 N–H and O–H groups in total. The van der Waals surface area contributed by atoms with E-state index in [4.69, 9.17) is 9.47 Å². The van der Waals surface area contributed by atoms with Crippen molar-refractivity contribution in [2.24, 2.45) is 10.2 Å². The predicted octanol–water partition coefficient (Wildman–Crippen LogP) is -0.407. The number of hydrogen-bond acceptors (Lipinski definition) is 7. The number of aromatic hydroxyl groups is 1. The number of aromatic nitrogens is 1. The van der Waals surface area contributed by atoms with Crippen molar-refractivity contribution in [2.45, 2.75) is 20.1 Å². The molecule has 0 aliphatic carbocycles. The van der Waals surface area contributed by atoms with E-state index in [2.05, 4.69) is 15.2 Å². The molecule has 3 rings (SSSR count). The fourth-order valence-electron chi connectivity index (χ4n) is 2.13. The van der Waals surface area contributed by atoms with Gasteiger partial charge in [0.25, 0.3) is 0 Å². The Bertz CT molecular complexity index is 720. The zero-order chi connectivity index (χ0) is 15.5. The largest absolute Gasteiger partial charge is 1.00 e. The van der Waals surface area contributed by atoms with E-state index >= 15 is 0 Å². The zero-order valence-corrected chi connectivity index (χ0v) is 14.9. The van der Waals surface area contributed by atoms with Gasteiger partial charge in [-0.3, -0.25) is 0 Å². The van der Waals surface area contributed by atoms with Crippen LogP contribution in [0.1, 0.15) is 16.8 Å². The number of rotatable bonds is 2. The third kappa shape index (κ3) is 4.07. The predicted molar refractivity (Wildman–Crippen MR) is 75.1 cm³/mol. The Morgan fingerprint density at radius 2 is 1.74 bits per heavy atom. The molecule has 1 aliphatic heterocycles. The van der Waals surface area contributed by atoms with Crippen molar-refractivity contribution in [1.82, 2.24) is 4.98 Å². The van der Waals surface area contributed by atoms with Gasteiger partial charge >= 0.3 is 29.6 Å². The topological polar surface area (TPSA) is 99.4 Å². The van der Waals surface area contributed by atoms with Gasteiger partial charge in [-0.2, -0.15) is 0 Å². The van der Waals surface area contributed by atoms with Gasteiger partial charge in [0.15, 0.2) is 5.82 Å². The number of hydrogen-bond donors (Lipinski definition) is 1. The second-order valence-electron chi connectivity index (χ2n) is 4.84. The summed E-state index contributed by atoms with van der Waals surface area (Å²) in [6.07, 6.45) is 0. The van der Waals surface area contributed by atoms with Crippen LogP contribution in [-0.4, -0.2) is 16.9 Å². The van der Waals surface area contributed by atoms with E-state index in [-0.39, 0.29) is 61.1 Å². The number of phenolic OH excluding ortho intramolecular Hbond substituents is 1. The Hall–Kier alpha value is -1.51. The molecule has 7 nitrogen and oxygen atoms in total. The fraction of sp³-hybridized carbons (Fsp3) is 0.267. The second-order valence-corrected chi connectivity index (χ2v) is 4.84. The molecule has 23 heavy (non-hydrogen) atoms. The Morgan fingerprint density at radius 3 is 2.43 bits per heavy atom. The Morgan fingerprint density at radius 1 is 1.09 bits per heavy atom. The van der Waals surface area contributed by atoms with E-state index < -0.39 is 0 Å². The van der Waals surface area contributed by atoms with E-state index in [9.17, 15) is 10.2 Å². The van der Waals surface area contributed by atoms with Gasteiger partial charge in [0.1, 0.15) is 12.5 Å². The summed E-state index contributed by atoms with van der Waals surface area (Å²) in [6, 6.07) is 6.30. The number of aryl methyl sites for hydroxylation is 1. The van der Waals surface area contributed by atoms with Crippen LogP contribution in [0.4, 0.5) is 11.5 Å². The molecule has 0 fully saturated rings. The molecule has 2 heterocycles. The molecule has 0 unspecified atom stereocenters. The maximum absolute atomic E-state index is 12.1. The summed E-state index contributed by atoms with van der Waals surface area (Å²) in [6.45, 7) is 2.15. The molecule has 0 saturated carbocycles. The van der Waals surface area contributed by atoms with Crippen LogP contribution in [0.3, 0.4) is 0 Å². The van der Waals surface area contributed by atoms with Gasteiger partial charge in [0.2, 0.25) is 0 Å². The summed E-state index contributed by atoms with van der Waals surface area (Å²) < 4.78 is 10.5. The van der Waals surface area contributed by atoms with Gasteiger partial charge in [-0.05, 0) is 36.8 Å². The van der Waals surface area contributed by atoms with Gasteiger partial charge < -0.3 is 19.7 Å². The molecule has 0 spiro atoms. The van der Waals surface area contributed by atoms with E-state index in [0.717, 1.165) is 0 Å². The molecular formula is C15H14N3NaO4. The molecule has 0 bridgehead atoms. The summed E-state index contributed by atoms with van der Waals surface area (Å²) in [7, 11) is 0. The average molecular weight is 323 g/mol. The average Bonchev–Trinajstić information content (AvgIpc) is 2.77. The smallest absolute Gasteiger partial charge is 0.871 e. The number of ether oxygens (including phenoxy) is 2. The van der Waals surface area contributed by atoms with Crippen molar-refractivity contribution < 1.29 is 49.2 Å². The van der Waals surface area contributed by atoms with Crippen LogP contribution in [0.5, 0.6) is 11.5 Å². The van der Waals surface area contributed by atoms with Crippen molar-refractivity contribution in [3.8, 4) is 11.5 Å². The van der Waals surface area contributed by atoms with Crippen LogP contribution >= 0.6 is 0 Å². The van der Waals surface area contributed by atoms with Crippen LogP contribution in [0.25, 0.3) is 0 Å². The first-order valence-electron chi connectivity index (χ1n) is 6.71. The molecule has 1 aromatic heterocycles. The van der Waals surface area contributed by atoms with E-state index in [1.807, 2.05) is 0 Å². The summed E-state index contributed by atoms with van der Waals surface area (Å²) in [5, 5.41) is 29.6. The molecule has 0 atom stereocenters. The standard InChI is InChI=1S/C15H15N3O4.Na/c1-9-14(20)12-6-21-8-22-7-13(12)15(16-9)18-17-10-2-4-11(19)5-3-10;/h2-5,19-20H,6-8H2,1H3;/q;+1/p-1. The maximum atomic E-state index is 12.1. The van der Waals surface area contributed by atoms with Crippen LogP contribution in [0.2, 0.25) is 0 Å². The van der Waals surface area contributed by atoms with Crippen LogP contribution in [-0.2, 0) is 22.7 Å². The van der Waals surface area contributed by atoms with Crippen LogP contribution < -0.4 is 34.7 Å². The van der Waals surface area contributed by atoms with Gasteiger partial charge in [-0.15, -0.1) is 10.2 Å². The number of benzene rings is 1. The van der Waals surface area contributed by atoms with E-state index in [0.29, 0.717) is 28.3 Å². The minimum Gasteiger partial charge on any atom is -0.871 e.